The van der Waals surface area contributed by atoms with Crippen LogP contribution in [0.5, 0.6) is 0 Å². The Morgan fingerprint density at radius 2 is 1.83 bits per heavy atom. The summed E-state index contributed by atoms with van der Waals surface area (Å²) < 4.78 is 43.4. The molecule has 1 aliphatic carbocycles. The highest BCUT2D eigenvalue weighted by atomic mass is 19.4. The van der Waals surface area contributed by atoms with Crippen LogP contribution in [-0.2, 0) is 17.5 Å². The van der Waals surface area contributed by atoms with Crippen molar-refractivity contribution in [1.82, 2.24) is 9.80 Å². The number of carbonyl (C=O) groups is 2. The van der Waals surface area contributed by atoms with E-state index in [0.29, 0.717) is 30.6 Å². The van der Waals surface area contributed by atoms with Crippen molar-refractivity contribution in [3.8, 4) is 0 Å². The van der Waals surface area contributed by atoms with Crippen LogP contribution in [0.25, 0.3) is 0 Å². The predicted octanol–water partition coefficient (Wildman–Crippen LogP) is 4.34. The molecule has 1 aromatic carbocycles. The van der Waals surface area contributed by atoms with Gasteiger partial charge in [0.05, 0.1) is 23.3 Å². The van der Waals surface area contributed by atoms with Gasteiger partial charge in [-0.1, -0.05) is 12.1 Å². The monoisotopic (exact) mass is 420 g/mol. The normalized spacial score (nSPS) is 19.6. The predicted molar refractivity (Wildman–Crippen MR) is 102 cm³/mol. The van der Waals surface area contributed by atoms with Gasteiger partial charge < -0.3 is 14.2 Å². The molecule has 0 radical (unpaired) electrons. The van der Waals surface area contributed by atoms with E-state index in [2.05, 4.69) is 0 Å². The van der Waals surface area contributed by atoms with Crippen molar-refractivity contribution in [2.24, 2.45) is 5.92 Å². The van der Waals surface area contributed by atoms with E-state index < -0.39 is 11.7 Å². The molecule has 2 aromatic rings. The van der Waals surface area contributed by atoms with Crippen LogP contribution in [0.4, 0.5) is 13.2 Å². The van der Waals surface area contributed by atoms with Crippen molar-refractivity contribution in [1.29, 1.82) is 0 Å². The van der Waals surface area contributed by atoms with Gasteiger partial charge in [-0.25, -0.2) is 0 Å². The molecular weight excluding hydrogens is 397 g/mol. The van der Waals surface area contributed by atoms with E-state index in [1.54, 1.807) is 15.9 Å². The van der Waals surface area contributed by atoms with Gasteiger partial charge >= 0.3 is 6.18 Å². The first-order valence-electron chi connectivity index (χ1n) is 10.1. The van der Waals surface area contributed by atoms with Crippen LogP contribution in [0.3, 0.4) is 0 Å². The summed E-state index contributed by atoms with van der Waals surface area (Å²) in [7, 11) is 0. The molecule has 4 rings (SSSR count). The second-order valence-electron chi connectivity index (χ2n) is 7.99. The highest BCUT2D eigenvalue weighted by Crippen LogP contribution is 2.33. The Labute approximate surface area is 172 Å². The maximum Gasteiger partial charge on any atom is 0.416 e. The molecule has 2 aliphatic rings. The van der Waals surface area contributed by atoms with Gasteiger partial charge in [0.1, 0.15) is 6.26 Å². The third-order valence-electron chi connectivity index (χ3n) is 5.73. The molecular formula is C22H23F3N2O3. The number of alkyl halides is 3. The lowest BCUT2D eigenvalue weighted by molar-refractivity contribution is -0.139. The molecule has 0 N–H and O–H groups in total. The summed E-state index contributed by atoms with van der Waals surface area (Å²) in [5.74, 6) is -0.478. The van der Waals surface area contributed by atoms with E-state index in [-0.39, 0.29) is 30.3 Å². The third kappa shape index (κ3) is 4.52. The minimum absolute atomic E-state index is 0.0258. The smallest absolute Gasteiger partial charge is 0.416 e. The van der Waals surface area contributed by atoms with Gasteiger partial charge in [-0.15, -0.1) is 0 Å². The van der Waals surface area contributed by atoms with Gasteiger partial charge in [0.15, 0.2) is 0 Å². The number of amides is 2. The molecule has 2 heterocycles. The standard InChI is InChI=1S/C22H23F3N2O3/c23-22(24,25)18-5-3-15(4-6-18)12-27(19-7-8-19)21(29)16-2-1-10-26(13-16)20(28)17-9-11-30-14-17/h3-6,9,11,14,16,19H,1-2,7-8,10,12-13H2/t16-/m0/s1. The Morgan fingerprint density at radius 1 is 1.10 bits per heavy atom. The molecule has 2 fully saturated rings. The number of likely N-dealkylation sites (tertiary alicyclic amines) is 1. The highest BCUT2D eigenvalue weighted by molar-refractivity contribution is 5.94. The van der Waals surface area contributed by atoms with Crippen molar-refractivity contribution in [2.45, 2.75) is 44.4 Å². The first-order valence-corrected chi connectivity index (χ1v) is 10.1. The minimum atomic E-state index is -4.38. The quantitative estimate of drug-likeness (QED) is 0.723. The number of piperidine rings is 1. The van der Waals surface area contributed by atoms with Crippen LogP contribution in [0.1, 0.15) is 47.2 Å². The average molecular weight is 420 g/mol. The zero-order chi connectivity index (χ0) is 21.3. The van der Waals surface area contributed by atoms with Gasteiger partial charge in [-0.2, -0.15) is 13.2 Å². The van der Waals surface area contributed by atoms with Gasteiger partial charge in [-0.3, -0.25) is 9.59 Å². The first kappa shape index (κ1) is 20.5. The molecule has 2 amide bonds. The Kier molecular flexibility index (Phi) is 5.58. The summed E-state index contributed by atoms with van der Waals surface area (Å²) in [5, 5.41) is 0. The topological polar surface area (TPSA) is 53.8 Å². The summed E-state index contributed by atoms with van der Waals surface area (Å²) in [5.41, 5.74) is 0.438. The molecule has 1 aliphatic heterocycles. The molecule has 1 aromatic heterocycles. The fourth-order valence-corrected chi connectivity index (χ4v) is 3.94. The molecule has 8 heteroatoms. The molecule has 1 saturated carbocycles. The number of hydrogen-bond acceptors (Lipinski definition) is 3. The van der Waals surface area contributed by atoms with Crippen molar-refractivity contribution in [3.63, 3.8) is 0 Å². The van der Waals surface area contributed by atoms with Gasteiger partial charge in [0, 0.05) is 25.7 Å². The second-order valence-corrected chi connectivity index (χ2v) is 7.99. The molecule has 160 valence electrons. The van der Waals surface area contributed by atoms with Crippen molar-refractivity contribution in [2.75, 3.05) is 13.1 Å². The number of furan rings is 1. The molecule has 5 nitrogen and oxygen atoms in total. The highest BCUT2D eigenvalue weighted by Gasteiger charge is 2.38. The number of carbonyl (C=O) groups excluding carboxylic acids is 2. The van der Waals surface area contributed by atoms with Crippen LogP contribution in [-0.4, -0.2) is 40.7 Å². The van der Waals surface area contributed by atoms with Crippen LogP contribution in [0.2, 0.25) is 0 Å². The lowest BCUT2D eigenvalue weighted by Gasteiger charge is -2.35. The fourth-order valence-electron chi connectivity index (χ4n) is 3.94. The number of halogens is 3. The van der Waals surface area contributed by atoms with E-state index in [1.807, 2.05) is 0 Å². The number of rotatable bonds is 5. The lowest BCUT2D eigenvalue weighted by atomic mass is 9.95. The van der Waals surface area contributed by atoms with Crippen molar-refractivity contribution < 1.29 is 27.2 Å². The third-order valence-corrected chi connectivity index (χ3v) is 5.73. The molecule has 0 bridgehead atoms. The molecule has 0 spiro atoms. The van der Waals surface area contributed by atoms with Gasteiger partial charge in [0.2, 0.25) is 5.91 Å². The van der Waals surface area contributed by atoms with E-state index >= 15 is 0 Å². The van der Waals surface area contributed by atoms with Crippen molar-refractivity contribution in [3.05, 3.63) is 59.5 Å². The second kappa shape index (κ2) is 8.16. The summed E-state index contributed by atoms with van der Waals surface area (Å²) >= 11 is 0. The van der Waals surface area contributed by atoms with Crippen molar-refractivity contribution >= 4 is 11.8 Å². The van der Waals surface area contributed by atoms with E-state index in [1.165, 1.54) is 24.7 Å². The average Bonchev–Trinajstić information content (AvgIpc) is 3.43. The van der Waals surface area contributed by atoms with Crippen LogP contribution >= 0.6 is 0 Å². The number of hydrogen-bond donors (Lipinski definition) is 0. The summed E-state index contributed by atoms with van der Waals surface area (Å²) in [6.07, 6.45) is 1.70. The van der Waals surface area contributed by atoms with E-state index in [4.69, 9.17) is 4.42 Å². The first-order chi connectivity index (χ1) is 14.3. The van der Waals surface area contributed by atoms with Gasteiger partial charge in [-0.05, 0) is 49.4 Å². The van der Waals surface area contributed by atoms with E-state index in [0.717, 1.165) is 31.4 Å². The van der Waals surface area contributed by atoms with Crippen LogP contribution < -0.4 is 0 Å². The molecule has 1 saturated heterocycles. The van der Waals surface area contributed by atoms with Crippen LogP contribution in [0, 0.1) is 5.92 Å². The SMILES string of the molecule is O=C(c1ccoc1)N1CCC[C@H](C(=O)N(Cc2ccc(C(F)(F)F)cc2)C2CC2)C1. The maximum absolute atomic E-state index is 13.3. The summed E-state index contributed by atoms with van der Waals surface area (Å²) in [6.45, 7) is 1.23. The van der Waals surface area contributed by atoms with E-state index in [9.17, 15) is 22.8 Å². The summed E-state index contributed by atoms with van der Waals surface area (Å²) in [4.78, 5) is 29.3. The van der Waals surface area contributed by atoms with Gasteiger partial charge in [0.25, 0.3) is 5.91 Å². The number of benzene rings is 1. The Balaban J connectivity index is 1.44. The minimum Gasteiger partial charge on any atom is -0.472 e. The maximum atomic E-state index is 13.3. The Hall–Kier alpha value is -2.77. The molecule has 30 heavy (non-hydrogen) atoms. The zero-order valence-electron chi connectivity index (χ0n) is 16.4. The Bertz CT molecular complexity index is 889. The largest absolute Gasteiger partial charge is 0.472 e. The van der Waals surface area contributed by atoms with Crippen LogP contribution in [0.15, 0.2) is 47.3 Å². The zero-order valence-corrected chi connectivity index (χ0v) is 16.4. The molecule has 0 unspecified atom stereocenters. The number of nitrogens with zero attached hydrogens (tertiary/aromatic N) is 2. The lowest BCUT2D eigenvalue weighted by Crippen LogP contribution is -2.47. The summed E-state index contributed by atoms with van der Waals surface area (Å²) in [6, 6.07) is 6.70. The fraction of sp³-hybridized carbons (Fsp3) is 0.455. The molecule has 1 atom stereocenters. The Morgan fingerprint density at radius 3 is 2.43 bits per heavy atom.